The Morgan fingerprint density at radius 2 is 1.93 bits per heavy atom. The van der Waals surface area contributed by atoms with E-state index in [1.165, 1.54) is 11.4 Å². The zero-order valence-electron chi connectivity index (χ0n) is 17.4. The van der Waals surface area contributed by atoms with Gasteiger partial charge in [-0.05, 0) is 44.4 Å². The summed E-state index contributed by atoms with van der Waals surface area (Å²) in [6, 6.07) is 7.57. The van der Waals surface area contributed by atoms with Crippen LogP contribution in [0.3, 0.4) is 0 Å². The minimum Gasteiger partial charge on any atom is -0.448 e. The molecule has 1 heterocycles. The van der Waals surface area contributed by atoms with Crippen molar-refractivity contribution >= 4 is 29.2 Å². The number of anilines is 1. The number of benzene rings is 1. The molecule has 0 radical (unpaired) electrons. The van der Waals surface area contributed by atoms with Crippen molar-refractivity contribution < 1.29 is 19.1 Å². The molecule has 0 bridgehead atoms. The lowest BCUT2D eigenvalue weighted by molar-refractivity contribution is -0.154. The largest absolute Gasteiger partial charge is 0.448 e. The van der Waals surface area contributed by atoms with Crippen molar-refractivity contribution in [2.75, 3.05) is 12.1 Å². The minimum atomic E-state index is -0.887. The molecule has 0 unspecified atom stereocenters. The number of hydrazone groups is 1. The van der Waals surface area contributed by atoms with E-state index < -0.39 is 12.1 Å². The van der Waals surface area contributed by atoms with Gasteiger partial charge >= 0.3 is 5.97 Å². The van der Waals surface area contributed by atoms with Crippen molar-refractivity contribution in [2.24, 2.45) is 5.10 Å². The van der Waals surface area contributed by atoms with Gasteiger partial charge in [-0.2, -0.15) is 5.10 Å². The highest BCUT2D eigenvalue weighted by molar-refractivity contribution is 6.38. The maximum atomic E-state index is 12.7. The van der Waals surface area contributed by atoms with Gasteiger partial charge in [-0.1, -0.05) is 31.4 Å². The third-order valence-corrected chi connectivity index (χ3v) is 5.62. The van der Waals surface area contributed by atoms with Crippen molar-refractivity contribution in [2.45, 2.75) is 70.9 Å². The molecule has 1 aromatic carbocycles. The molecule has 1 aliphatic heterocycles. The quantitative estimate of drug-likeness (QED) is 0.712. The average molecular weight is 399 g/mol. The third-order valence-electron chi connectivity index (χ3n) is 5.62. The average Bonchev–Trinajstić information content (AvgIpc) is 2.73. The molecule has 1 aromatic rings. The van der Waals surface area contributed by atoms with E-state index in [2.05, 4.69) is 5.10 Å². The Bertz CT molecular complexity index is 814. The summed E-state index contributed by atoms with van der Waals surface area (Å²) in [5, 5.41) is 5.47. The number of amides is 2. The SMILES string of the molecule is Cc1cccc(N2N=C(C(=O)O[C@H](C)C(=O)N(C)C3CCCCC3)CCC2=O)c1. The number of carbonyl (C=O) groups excluding carboxylic acids is 3. The topological polar surface area (TPSA) is 79.3 Å². The second kappa shape index (κ2) is 9.20. The van der Waals surface area contributed by atoms with Crippen LogP contribution < -0.4 is 5.01 Å². The first-order chi connectivity index (χ1) is 13.9. The summed E-state index contributed by atoms with van der Waals surface area (Å²) in [4.78, 5) is 39.3. The molecular formula is C22H29N3O4. The summed E-state index contributed by atoms with van der Waals surface area (Å²) in [5.41, 5.74) is 1.76. The predicted molar refractivity (Wildman–Crippen MR) is 111 cm³/mol. The van der Waals surface area contributed by atoms with Gasteiger partial charge in [-0.3, -0.25) is 9.59 Å². The number of aryl methyl sites for hydroxylation is 1. The van der Waals surface area contributed by atoms with Crippen molar-refractivity contribution in [1.82, 2.24) is 4.90 Å². The lowest BCUT2D eigenvalue weighted by Gasteiger charge is -2.32. The van der Waals surface area contributed by atoms with Crippen LogP contribution in [0.4, 0.5) is 5.69 Å². The van der Waals surface area contributed by atoms with Crippen LogP contribution in [-0.2, 0) is 19.1 Å². The van der Waals surface area contributed by atoms with Crippen molar-refractivity contribution in [1.29, 1.82) is 0 Å². The number of carbonyl (C=O) groups is 3. The number of nitrogens with zero attached hydrogens (tertiary/aromatic N) is 3. The van der Waals surface area contributed by atoms with Crippen LogP contribution in [0.15, 0.2) is 29.4 Å². The molecule has 7 heteroatoms. The fourth-order valence-corrected chi connectivity index (χ4v) is 3.88. The van der Waals surface area contributed by atoms with E-state index in [0.717, 1.165) is 31.2 Å². The Balaban J connectivity index is 1.66. The van der Waals surface area contributed by atoms with Gasteiger partial charge in [0.2, 0.25) is 5.91 Å². The Labute approximate surface area is 171 Å². The van der Waals surface area contributed by atoms with Crippen LogP contribution in [0.25, 0.3) is 0 Å². The lowest BCUT2D eigenvalue weighted by atomic mass is 9.94. The Morgan fingerprint density at radius 1 is 1.21 bits per heavy atom. The molecule has 1 saturated carbocycles. The van der Waals surface area contributed by atoms with Gasteiger partial charge < -0.3 is 9.64 Å². The molecule has 0 aromatic heterocycles. The molecule has 2 amide bonds. The minimum absolute atomic E-state index is 0.158. The number of likely N-dealkylation sites (N-methyl/N-ethyl adjacent to an activating group) is 1. The molecule has 1 atom stereocenters. The molecule has 2 aliphatic rings. The molecular weight excluding hydrogens is 370 g/mol. The van der Waals surface area contributed by atoms with Crippen molar-refractivity contribution in [3.63, 3.8) is 0 Å². The second-order valence-corrected chi connectivity index (χ2v) is 7.88. The lowest BCUT2D eigenvalue weighted by Crippen LogP contribution is -2.45. The summed E-state index contributed by atoms with van der Waals surface area (Å²) in [5.74, 6) is -1.02. The first-order valence-electron chi connectivity index (χ1n) is 10.3. The molecule has 3 rings (SSSR count). The Hall–Kier alpha value is -2.70. The fraction of sp³-hybridized carbons (Fsp3) is 0.545. The summed E-state index contributed by atoms with van der Waals surface area (Å²) in [6.07, 6.45) is 4.92. The number of ether oxygens (including phenoxy) is 1. The smallest absolute Gasteiger partial charge is 0.355 e. The van der Waals surface area contributed by atoms with E-state index in [1.807, 2.05) is 25.1 Å². The molecule has 1 aliphatic carbocycles. The zero-order valence-corrected chi connectivity index (χ0v) is 17.4. The molecule has 7 nitrogen and oxygen atoms in total. The van der Waals surface area contributed by atoms with E-state index in [-0.39, 0.29) is 36.4 Å². The Morgan fingerprint density at radius 3 is 2.62 bits per heavy atom. The van der Waals surface area contributed by atoms with Crippen LogP contribution in [0.5, 0.6) is 0 Å². The van der Waals surface area contributed by atoms with Crippen LogP contribution in [-0.4, -0.2) is 47.6 Å². The highest BCUT2D eigenvalue weighted by atomic mass is 16.5. The molecule has 29 heavy (non-hydrogen) atoms. The summed E-state index contributed by atoms with van der Waals surface area (Å²) in [6.45, 7) is 3.51. The first kappa shape index (κ1) is 21.0. The fourth-order valence-electron chi connectivity index (χ4n) is 3.88. The van der Waals surface area contributed by atoms with Crippen molar-refractivity contribution in [3.05, 3.63) is 29.8 Å². The van der Waals surface area contributed by atoms with E-state index in [9.17, 15) is 14.4 Å². The highest BCUT2D eigenvalue weighted by Crippen LogP contribution is 2.23. The van der Waals surface area contributed by atoms with E-state index >= 15 is 0 Å². The summed E-state index contributed by atoms with van der Waals surface area (Å²) >= 11 is 0. The van der Waals surface area contributed by atoms with Crippen molar-refractivity contribution in [3.8, 4) is 0 Å². The van der Waals surface area contributed by atoms with Gasteiger partial charge in [0.15, 0.2) is 6.10 Å². The van der Waals surface area contributed by atoms with Gasteiger partial charge in [0.1, 0.15) is 5.71 Å². The first-order valence-corrected chi connectivity index (χ1v) is 10.3. The van der Waals surface area contributed by atoms with Gasteiger partial charge in [0, 0.05) is 25.9 Å². The maximum Gasteiger partial charge on any atom is 0.355 e. The van der Waals surface area contributed by atoms with Crippen LogP contribution in [0, 0.1) is 6.92 Å². The summed E-state index contributed by atoms with van der Waals surface area (Å²) < 4.78 is 5.41. The number of hydrogen-bond acceptors (Lipinski definition) is 5. The Kier molecular flexibility index (Phi) is 6.67. The molecule has 156 valence electrons. The molecule has 1 fully saturated rings. The van der Waals surface area contributed by atoms with Crippen LogP contribution in [0.1, 0.15) is 57.4 Å². The normalized spacial score (nSPS) is 18.8. The van der Waals surface area contributed by atoms with Crippen LogP contribution >= 0.6 is 0 Å². The monoisotopic (exact) mass is 399 g/mol. The van der Waals surface area contributed by atoms with Gasteiger partial charge in [-0.15, -0.1) is 0 Å². The number of esters is 1. The van der Waals surface area contributed by atoms with E-state index in [0.29, 0.717) is 5.69 Å². The zero-order chi connectivity index (χ0) is 21.0. The predicted octanol–water partition coefficient (Wildman–Crippen LogP) is 3.20. The van der Waals surface area contributed by atoms with E-state index in [4.69, 9.17) is 4.74 Å². The maximum absolute atomic E-state index is 12.7. The van der Waals surface area contributed by atoms with Gasteiger partial charge in [0.05, 0.1) is 5.69 Å². The van der Waals surface area contributed by atoms with Gasteiger partial charge in [0.25, 0.3) is 5.91 Å². The van der Waals surface area contributed by atoms with Gasteiger partial charge in [-0.25, -0.2) is 9.80 Å². The molecule has 0 saturated heterocycles. The number of hydrogen-bond donors (Lipinski definition) is 0. The molecule has 0 N–H and O–H groups in total. The summed E-state index contributed by atoms with van der Waals surface area (Å²) in [7, 11) is 1.78. The highest BCUT2D eigenvalue weighted by Gasteiger charge is 2.31. The number of rotatable bonds is 5. The molecule has 0 spiro atoms. The standard InChI is InChI=1S/C22H29N3O4/c1-15-8-7-11-18(14-15)25-20(26)13-12-19(23-25)22(28)29-16(2)21(27)24(3)17-9-5-4-6-10-17/h7-8,11,14,16-17H,4-6,9-10,12-13H2,1-3H3/t16-/m1/s1. The van der Waals surface area contributed by atoms with Crippen LogP contribution in [0.2, 0.25) is 0 Å². The second-order valence-electron chi connectivity index (χ2n) is 7.88. The third kappa shape index (κ3) is 5.02. The van der Waals surface area contributed by atoms with E-state index in [1.54, 1.807) is 24.9 Å².